The first-order valence-corrected chi connectivity index (χ1v) is 6.82. The van der Waals surface area contributed by atoms with Gasteiger partial charge in [0.15, 0.2) is 0 Å². The van der Waals surface area contributed by atoms with Crippen LogP contribution in [0, 0.1) is 5.92 Å². The molecule has 0 aromatic heterocycles. The van der Waals surface area contributed by atoms with E-state index in [0.29, 0.717) is 12.0 Å². The van der Waals surface area contributed by atoms with Crippen molar-refractivity contribution >= 4 is 0 Å². The van der Waals surface area contributed by atoms with Crippen molar-refractivity contribution in [2.24, 2.45) is 5.92 Å². The molecule has 1 aromatic carbocycles. The first-order chi connectivity index (χ1) is 8.74. The Hall–Kier alpha value is -1.12. The highest BCUT2D eigenvalue weighted by Gasteiger charge is 2.28. The van der Waals surface area contributed by atoms with E-state index in [1.165, 1.54) is 5.56 Å². The molecule has 0 saturated heterocycles. The van der Waals surface area contributed by atoms with Gasteiger partial charge in [-0.15, -0.1) is 0 Å². The maximum Gasteiger partial charge on any atom is 0.0628 e. The molecule has 2 atom stereocenters. The highest BCUT2D eigenvalue weighted by atomic mass is 16.3. The molecule has 1 heterocycles. The Labute approximate surface area is 110 Å². The van der Waals surface area contributed by atoms with Crippen LogP contribution in [-0.2, 0) is 0 Å². The van der Waals surface area contributed by atoms with E-state index in [2.05, 4.69) is 43.0 Å². The first-order valence-electron chi connectivity index (χ1n) is 6.82. The summed E-state index contributed by atoms with van der Waals surface area (Å²) in [7, 11) is 0. The third kappa shape index (κ3) is 2.82. The summed E-state index contributed by atoms with van der Waals surface area (Å²) < 4.78 is 0. The number of aliphatic hydroxyl groups is 1. The van der Waals surface area contributed by atoms with Crippen LogP contribution in [0.25, 0.3) is 0 Å². The lowest BCUT2D eigenvalue weighted by Crippen LogP contribution is -2.44. The van der Waals surface area contributed by atoms with Gasteiger partial charge in [0.25, 0.3) is 0 Å². The van der Waals surface area contributed by atoms with Gasteiger partial charge in [0.2, 0.25) is 0 Å². The van der Waals surface area contributed by atoms with Crippen LogP contribution in [0.5, 0.6) is 0 Å². The summed E-state index contributed by atoms with van der Waals surface area (Å²) in [6.07, 6.45) is 5.63. The van der Waals surface area contributed by atoms with Crippen molar-refractivity contribution in [1.82, 2.24) is 4.90 Å². The van der Waals surface area contributed by atoms with Gasteiger partial charge in [-0.3, -0.25) is 4.90 Å². The van der Waals surface area contributed by atoms with Crippen LogP contribution in [0.4, 0.5) is 0 Å². The third-order valence-corrected chi connectivity index (χ3v) is 3.71. The van der Waals surface area contributed by atoms with Gasteiger partial charge in [-0.05, 0) is 17.9 Å². The smallest absolute Gasteiger partial charge is 0.0628 e. The Bertz CT molecular complexity index is 385. The zero-order valence-electron chi connectivity index (χ0n) is 11.3. The molecular weight excluding hydrogens is 222 g/mol. The Balaban J connectivity index is 2.24. The lowest BCUT2D eigenvalue weighted by Gasteiger charge is -2.40. The number of rotatable bonds is 4. The predicted octanol–water partition coefficient (Wildman–Crippen LogP) is 3.01. The van der Waals surface area contributed by atoms with E-state index in [1.807, 2.05) is 18.2 Å². The van der Waals surface area contributed by atoms with E-state index in [4.69, 9.17) is 0 Å². The van der Waals surface area contributed by atoms with Crippen molar-refractivity contribution in [3.05, 3.63) is 48.0 Å². The second-order valence-electron chi connectivity index (χ2n) is 5.30. The molecule has 0 aliphatic carbocycles. The summed E-state index contributed by atoms with van der Waals surface area (Å²) in [4.78, 5) is 2.43. The molecule has 0 unspecified atom stereocenters. The van der Waals surface area contributed by atoms with Crippen molar-refractivity contribution in [3.8, 4) is 0 Å². The summed E-state index contributed by atoms with van der Waals surface area (Å²) in [6.45, 7) is 5.69. The molecule has 2 nitrogen and oxygen atoms in total. The van der Waals surface area contributed by atoms with Crippen molar-refractivity contribution < 1.29 is 5.11 Å². The molecular formula is C16H23NO. The van der Waals surface area contributed by atoms with Gasteiger partial charge < -0.3 is 5.11 Å². The van der Waals surface area contributed by atoms with E-state index in [1.54, 1.807) is 0 Å². The maximum absolute atomic E-state index is 9.77. The van der Waals surface area contributed by atoms with Crippen molar-refractivity contribution in [2.75, 3.05) is 13.2 Å². The summed E-state index contributed by atoms with van der Waals surface area (Å²) in [5, 5.41) is 9.77. The normalized spacial score (nSPS) is 22.3. The predicted molar refractivity (Wildman–Crippen MR) is 75.4 cm³/mol. The Morgan fingerprint density at radius 2 is 2.00 bits per heavy atom. The fourth-order valence-corrected chi connectivity index (χ4v) is 2.76. The third-order valence-electron chi connectivity index (χ3n) is 3.71. The van der Waals surface area contributed by atoms with Crippen LogP contribution >= 0.6 is 0 Å². The van der Waals surface area contributed by atoms with E-state index >= 15 is 0 Å². The molecule has 2 heteroatoms. The Kier molecular flexibility index (Phi) is 4.56. The van der Waals surface area contributed by atoms with Gasteiger partial charge in [-0.1, -0.05) is 56.3 Å². The molecule has 0 saturated carbocycles. The molecule has 1 aliphatic heterocycles. The highest BCUT2D eigenvalue weighted by molar-refractivity contribution is 5.20. The molecule has 0 amide bonds. The van der Waals surface area contributed by atoms with Crippen LogP contribution in [0.3, 0.4) is 0 Å². The molecule has 0 fully saturated rings. The van der Waals surface area contributed by atoms with E-state index in [-0.39, 0.29) is 12.6 Å². The van der Waals surface area contributed by atoms with Crippen molar-refractivity contribution in [1.29, 1.82) is 0 Å². The van der Waals surface area contributed by atoms with Gasteiger partial charge in [0, 0.05) is 12.6 Å². The largest absolute Gasteiger partial charge is 0.394 e. The van der Waals surface area contributed by atoms with Crippen LogP contribution in [0.1, 0.15) is 31.9 Å². The molecule has 1 aliphatic rings. The molecule has 0 radical (unpaired) electrons. The molecule has 18 heavy (non-hydrogen) atoms. The zero-order valence-corrected chi connectivity index (χ0v) is 11.3. The van der Waals surface area contributed by atoms with E-state index in [9.17, 15) is 5.11 Å². The number of benzene rings is 1. The molecule has 1 aromatic rings. The van der Waals surface area contributed by atoms with Gasteiger partial charge in [0.05, 0.1) is 12.6 Å². The Morgan fingerprint density at radius 1 is 1.28 bits per heavy atom. The average molecular weight is 245 g/mol. The number of hydrogen-bond donors (Lipinski definition) is 1. The van der Waals surface area contributed by atoms with Gasteiger partial charge >= 0.3 is 0 Å². The number of hydrogen-bond acceptors (Lipinski definition) is 2. The van der Waals surface area contributed by atoms with Gasteiger partial charge in [-0.2, -0.15) is 0 Å². The lowest BCUT2D eigenvalue weighted by molar-refractivity contribution is 0.0781. The summed E-state index contributed by atoms with van der Waals surface area (Å²) >= 11 is 0. The molecule has 98 valence electrons. The average Bonchev–Trinajstić information content (AvgIpc) is 2.41. The minimum Gasteiger partial charge on any atom is -0.394 e. The van der Waals surface area contributed by atoms with Crippen molar-refractivity contribution in [2.45, 2.75) is 32.4 Å². The minimum absolute atomic E-state index is 0.114. The summed E-state index contributed by atoms with van der Waals surface area (Å²) in [6, 6.07) is 10.9. The SMILES string of the molecule is CC(C)[C@H]1C=CCCN1[C@@H](CO)c1ccccc1. The molecule has 0 spiro atoms. The van der Waals surface area contributed by atoms with Crippen LogP contribution in [0.2, 0.25) is 0 Å². The quantitative estimate of drug-likeness (QED) is 0.824. The van der Waals surface area contributed by atoms with Crippen molar-refractivity contribution in [3.63, 3.8) is 0 Å². The van der Waals surface area contributed by atoms with E-state index in [0.717, 1.165) is 13.0 Å². The zero-order chi connectivity index (χ0) is 13.0. The first kappa shape index (κ1) is 13.3. The maximum atomic E-state index is 9.77. The van der Waals surface area contributed by atoms with Gasteiger partial charge in [0.1, 0.15) is 0 Å². The monoisotopic (exact) mass is 245 g/mol. The fourth-order valence-electron chi connectivity index (χ4n) is 2.76. The van der Waals surface area contributed by atoms with Crippen LogP contribution in [-0.4, -0.2) is 29.2 Å². The standard InChI is InChI=1S/C16H23NO/c1-13(2)15-10-6-7-11-17(15)16(12-18)14-8-4-3-5-9-14/h3-6,8-10,13,15-16,18H,7,11-12H2,1-2H3/t15-,16+/m1/s1. The number of aliphatic hydroxyl groups excluding tert-OH is 1. The Morgan fingerprint density at radius 3 is 2.61 bits per heavy atom. The fraction of sp³-hybridized carbons (Fsp3) is 0.500. The van der Waals surface area contributed by atoms with Crippen LogP contribution in [0.15, 0.2) is 42.5 Å². The molecule has 1 N–H and O–H groups in total. The lowest BCUT2D eigenvalue weighted by atomic mass is 9.94. The van der Waals surface area contributed by atoms with Crippen LogP contribution < -0.4 is 0 Å². The summed E-state index contributed by atoms with van der Waals surface area (Å²) in [5.74, 6) is 0.569. The topological polar surface area (TPSA) is 23.5 Å². The second kappa shape index (κ2) is 6.17. The summed E-state index contributed by atoms with van der Waals surface area (Å²) in [5.41, 5.74) is 1.21. The number of nitrogens with zero attached hydrogens (tertiary/aromatic N) is 1. The highest BCUT2D eigenvalue weighted by Crippen LogP contribution is 2.28. The molecule has 2 rings (SSSR count). The minimum atomic E-state index is 0.114. The molecule has 0 bridgehead atoms. The van der Waals surface area contributed by atoms with E-state index < -0.39 is 0 Å². The van der Waals surface area contributed by atoms with Gasteiger partial charge in [-0.25, -0.2) is 0 Å². The second-order valence-corrected chi connectivity index (χ2v) is 5.30.